The third-order valence-corrected chi connectivity index (χ3v) is 2.32. The molecule has 0 unspecified atom stereocenters. The van der Waals surface area contributed by atoms with Gasteiger partial charge in [-0.2, -0.15) is 5.21 Å². The highest BCUT2D eigenvalue weighted by Gasteiger charge is 2.05. The lowest BCUT2D eigenvalue weighted by molar-refractivity contribution is 0.310. The molecule has 0 amide bonds. The Morgan fingerprint density at radius 2 is 2.22 bits per heavy atom. The van der Waals surface area contributed by atoms with Crippen LogP contribution in [0, 0.1) is 0 Å². The van der Waals surface area contributed by atoms with Crippen molar-refractivity contribution in [3.05, 3.63) is 23.8 Å². The van der Waals surface area contributed by atoms with Crippen molar-refractivity contribution in [3.8, 4) is 11.5 Å². The van der Waals surface area contributed by atoms with Crippen molar-refractivity contribution < 1.29 is 9.47 Å². The molecule has 0 atom stereocenters. The van der Waals surface area contributed by atoms with Gasteiger partial charge in [-0.25, -0.2) is 0 Å². The van der Waals surface area contributed by atoms with Crippen molar-refractivity contribution in [2.24, 2.45) is 0 Å². The van der Waals surface area contributed by atoms with Crippen molar-refractivity contribution in [3.63, 3.8) is 0 Å². The first-order chi connectivity index (χ1) is 8.83. The summed E-state index contributed by atoms with van der Waals surface area (Å²) in [5.41, 5.74) is 1.04. The number of rotatable bonds is 6. The van der Waals surface area contributed by atoms with E-state index in [2.05, 4.69) is 25.9 Å². The lowest BCUT2D eigenvalue weighted by Gasteiger charge is -2.11. The van der Waals surface area contributed by atoms with Gasteiger partial charge in [0.15, 0.2) is 11.5 Å². The second-order valence-corrected chi connectivity index (χ2v) is 3.51. The van der Waals surface area contributed by atoms with Crippen molar-refractivity contribution in [2.45, 2.75) is 13.5 Å². The van der Waals surface area contributed by atoms with Crippen LogP contribution in [0.25, 0.3) is 0 Å². The Morgan fingerprint density at radius 3 is 2.89 bits per heavy atom. The van der Waals surface area contributed by atoms with E-state index in [0.717, 1.165) is 11.3 Å². The second kappa shape index (κ2) is 5.85. The Labute approximate surface area is 104 Å². The van der Waals surface area contributed by atoms with Gasteiger partial charge in [0.25, 0.3) is 5.95 Å². The smallest absolute Gasteiger partial charge is 0.263 e. The van der Waals surface area contributed by atoms with Gasteiger partial charge in [0, 0.05) is 6.54 Å². The molecule has 1 aromatic carbocycles. The van der Waals surface area contributed by atoms with Crippen LogP contribution >= 0.6 is 0 Å². The number of hydrogen-bond acceptors (Lipinski definition) is 6. The SMILES string of the molecule is CCOc1ccc(CNc2nn[nH]n2)cc1OC. The Kier molecular flexibility index (Phi) is 3.95. The molecular formula is C11H15N5O2. The standard InChI is InChI=1S/C11H15N5O2/c1-3-18-9-5-4-8(6-10(9)17-2)7-12-11-13-15-16-14-11/h4-6H,3,7H2,1-2H3,(H2,12,13,14,15,16). The largest absolute Gasteiger partial charge is 0.493 e. The molecule has 0 aliphatic rings. The third kappa shape index (κ3) is 2.88. The Morgan fingerprint density at radius 1 is 1.33 bits per heavy atom. The minimum atomic E-state index is 0.461. The molecule has 0 aliphatic carbocycles. The van der Waals surface area contributed by atoms with E-state index in [0.29, 0.717) is 24.8 Å². The normalized spacial score (nSPS) is 10.1. The Hall–Kier alpha value is -2.31. The summed E-state index contributed by atoms with van der Waals surface area (Å²) in [4.78, 5) is 0. The van der Waals surface area contributed by atoms with Crippen molar-refractivity contribution in [1.82, 2.24) is 20.6 Å². The Balaban J connectivity index is 2.05. The molecule has 96 valence electrons. The maximum absolute atomic E-state index is 5.45. The molecule has 2 rings (SSSR count). The fourth-order valence-corrected chi connectivity index (χ4v) is 1.51. The minimum absolute atomic E-state index is 0.461. The van der Waals surface area contributed by atoms with Crippen LogP contribution in [0.1, 0.15) is 12.5 Å². The highest BCUT2D eigenvalue weighted by molar-refractivity contribution is 5.43. The summed E-state index contributed by atoms with van der Waals surface area (Å²) < 4.78 is 10.7. The number of aromatic amines is 1. The van der Waals surface area contributed by atoms with E-state index in [-0.39, 0.29) is 0 Å². The van der Waals surface area contributed by atoms with Crippen LogP contribution < -0.4 is 14.8 Å². The van der Waals surface area contributed by atoms with E-state index in [4.69, 9.17) is 9.47 Å². The molecule has 0 aliphatic heterocycles. The molecule has 2 N–H and O–H groups in total. The molecule has 0 saturated heterocycles. The number of benzene rings is 1. The number of nitrogens with zero attached hydrogens (tertiary/aromatic N) is 3. The predicted octanol–water partition coefficient (Wildman–Crippen LogP) is 1.22. The zero-order valence-corrected chi connectivity index (χ0v) is 10.3. The van der Waals surface area contributed by atoms with Gasteiger partial charge in [-0.3, -0.25) is 0 Å². The van der Waals surface area contributed by atoms with Crippen molar-refractivity contribution in [2.75, 3.05) is 19.0 Å². The molecule has 0 bridgehead atoms. The summed E-state index contributed by atoms with van der Waals surface area (Å²) in [6.45, 7) is 3.13. The zero-order valence-electron chi connectivity index (χ0n) is 10.3. The number of nitrogens with one attached hydrogen (secondary N) is 2. The first-order valence-electron chi connectivity index (χ1n) is 5.60. The monoisotopic (exact) mass is 249 g/mol. The van der Waals surface area contributed by atoms with Gasteiger partial charge in [0.1, 0.15) is 0 Å². The van der Waals surface area contributed by atoms with Gasteiger partial charge in [0.2, 0.25) is 0 Å². The van der Waals surface area contributed by atoms with Crippen LogP contribution in [0.3, 0.4) is 0 Å². The molecule has 0 saturated carbocycles. The summed E-state index contributed by atoms with van der Waals surface area (Å²) in [5.74, 6) is 1.91. The summed E-state index contributed by atoms with van der Waals surface area (Å²) in [6.07, 6.45) is 0. The van der Waals surface area contributed by atoms with Gasteiger partial charge in [-0.1, -0.05) is 11.2 Å². The number of H-pyrrole nitrogens is 1. The predicted molar refractivity (Wildman–Crippen MR) is 65.7 cm³/mol. The van der Waals surface area contributed by atoms with Crippen LogP contribution in [0.15, 0.2) is 18.2 Å². The summed E-state index contributed by atoms with van der Waals surface area (Å²) in [7, 11) is 1.62. The average Bonchev–Trinajstić information content (AvgIpc) is 2.91. The molecule has 0 spiro atoms. The highest BCUT2D eigenvalue weighted by atomic mass is 16.5. The first-order valence-corrected chi connectivity index (χ1v) is 5.60. The molecule has 0 fully saturated rings. The highest BCUT2D eigenvalue weighted by Crippen LogP contribution is 2.28. The molecule has 18 heavy (non-hydrogen) atoms. The number of tetrazole rings is 1. The zero-order chi connectivity index (χ0) is 12.8. The number of methoxy groups -OCH3 is 1. The Bertz CT molecular complexity index is 486. The van der Waals surface area contributed by atoms with Crippen LogP contribution in [-0.4, -0.2) is 34.3 Å². The van der Waals surface area contributed by atoms with Crippen LogP contribution in [0.2, 0.25) is 0 Å². The van der Waals surface area contributed by atoms with E-state index in [9.17, 15) is 0 Å². The van der Waals surface area contributed by atoms with Crippen LogP contribution in [0.5, 0.6) is 11.5 Å². The quantitative estimate of drug-likeness (QED) is 0.800. The van der Waals surface area contributed by atoms with Gasteiger partial charge in [0.05, 0.1) is 13.7 Å². The summed E-state index contributed by atoms with van der Waals surface area (Å²) in [6, 6.07) is 5.76. The molecule has 0 radical (unpaired) electrons. The van der Waals surface area contributed by atoms with E-state index < -0.39 is 0 Å². The van der Waals surface area contributed by atoms with Gasteiger partial charge in [-0.15, -0.1) is 5.10 Å². The van der Waals surface area contributed by atoms with Crippen molar-refractivity contribution in [1.29, 1.82) is 0 Å². The summed E-state index contributed by atoms with van der Waals surface area (Å²) >= 11 is 0. The van der Waals surface area contributed by atoms with Crippen molar-refractivity contribution >= 4 is 5.95 Å². The second-order valence-electron chi connectivity index (χ2n) is 3.51. The maximum Gasteiger partial charge on any atom is 0.263 e. The number of aromatic nitrogens is 4. The third-order valence-electron chi connectivity index (χ3n) is 2.32. The van der Waals surface area contributed by atoms with E-state index in [1.54, 1.807) is 7.11 Å². The molecule has 7 heteroatoms. The number of hydrogen-bond donors (Lipinski definition) is 2. The molecule has 7 nitrogen and oxygen atoms in total. The molecular weight excluding hydrogens is 234 g/mol. The molecule has 2 aromatic rings. The number of anilines is 1. The van der Waals surface area contributed by atoms with E-state index in [1.807, 2.05) is 25.1 Å². The minimum Gasteiger partial charge on any atom is -0.493 e. The van der Waals surface area contributed by atoms with Gasteiger partial charge in [-0.05, 0) is 29.8 Å². The summed E-state index contributed by atoms with van der Waals surface area (Å²) in [5, 5.41) is 16.5. The van der Waals surface area contributed by atoms with E-state index in [1.165, 1.54) is 0 Å². The average molecular weight is 249 g/mol. The lowest BCUT2D eigenvalue weighted by Crippen LogP contribution is -2.02. The van der Waals surface area contributed by atoms with Gasteiger partial charge >= 0.3 is 0 Å². The maximum atomic E-state index is 5.45. The van der Waals surface area contributed by atoms with Crippen LogP contribution in [-0.2, 0) is 6.54 Å². The molecule has 1 aromatic heterocycles. The lowest BCUT2D eigenvalue weighted by atomic mass is 10.2. The molecule has 1 heterocycles. The van der Waals surface area contributed by atoms with E-state index >= 15 is 0 Å². The fourth-order valence-electron chi connectivity index (χ4n) is 1.51. The topological polar surface area (TPSA) is 85.0 Å². The fraction of sp³-hybridized carbons (Fsp3) is 0.364. The van der Waals surface area contributed by atoms with Crippen LogP contribution in [0.4, 0.5) is 5.95 Å². The first kappa shape index (κ1) is 12.2. The number of ether oxygens (including phenoxy) is 2. The van der Waals surface area contributed by atoms with Gasteiger partial charge < -0.3 is 14.8 Å².